The Morgan fingerprint density at radius 2 is 1.90 bits per heavy atom. The van der Waals surface area contributed by atoms with Gasteiger partial charge in [-0.2, -0.15) is 0 Å². The van der Waals surface area contributed by atoms with E-state index < -0.39 is 23.2 Å². The Bertz CT molecular complexity index is 614. The highest BCUT2D eigenvalue weighted by atomic mass is 19.2. The lowest BCUT2D eigenvalue weighted by Crippen LogP contribution is -2.11. The molecule has 0 saturated heterocycles. The van der Waals surface area contributed by atoms with Crippen LogP contribution in [0.15, 0.2) is 24.5 Å². The molecule has 0 unspecified atom stereocenters. The first-order valence-corrected chi connectivity index (χ1v) is 6.20. The molecule has 0 atom stereocenters. The number of carbonyl (C=O) groups excluding carboxylic acids is 1. The van der Waals surface area contributed by atoms with Crippen LogP contribution in [-0.2, 0) is 13.0 Å². The summed E-state index contributed by atoms with van der Waals surface area (Å²) in [6, 6.07) is 1.40. The number of ketones is 1. The molecule has 0 aliphatic carbocycles. The fourth-order valence-corrected chi connectivity index (χ4v) is 1.91. The first kappa shape index (κ1) is 14.3. The third-order valence-electron chi connectivity index (χ3n) is 2.89. The van der Waals surface area contributed by atoms with Gasteiger partial charge in [-0.3, -0.25) is 4.79 Å². The van der Waals surface area contributed by atoms with Crippen LogP contribution < -0.4 is 0 Å². The minimum Gasteiger partial charge on any atom is -0.335 e. The molecule has 106 valence electrons. The lowest BCUT2D eigenvalue weighted by Gasteiger charge is -2.06. The first-order valence-electron chi connectivity index (χ1n) is 6.20. The number of Topliss-reactive ketones (excluding diaryl/α,β-unsaturated/α-hetero) is 1. The number of aromatic nitrogens is 2. The van der Waals surface area contributed by atoms with Gasteiger partial charge in [0.1, 0.15) is 5.82 Å². The number of aryl methyl sites for hydroxylation is 1. The van der Waals surface area contributed by atoms with Crippen molar-refractivity contribution >= 4 is 5.78 Å². The van der Waals surface area contributed by atoms with E-state index in [2.05, 4.69) is 4.98 Å². The Morgan fingerprint density at radius 1 is 1.25 bits per heavy atom. The van der Waals surface area contributed by atoms with E-state index >= 15 is 0 Å². The van der Waals surface area contributed by atoms with Gasteiger partial charge in [0.2, 0.25) is 0 Å². The molecule has 0 saturated carbocycles. The van der Waals surface area contributed by atoms with Crippen molar-refractivity contribution in [2.24, 2.45) is 0 Å². The van der Waals surface area contributed by atoms with Gasteiger partial charge >= 0.3 is 0 Å². The SMILES string of the molecule is CCCn1ccnc1CC(=O)c1cc(F)c(F)c(F)c1. The van der Waals surface area contributed by atoms with E-state index in [4.69, 9.17) is 0 Å². The number of halogens is 3. The molecule has 0 fully saturated rings. The highest BCUT2D eigenvalue weighted by Gasteiger charge is 2.17. The molecule has 2 rings (SSSR count). The first-order chi connectivity index (χ1) is 9.52. The normalized spacial score (nSPS) is 10.8. The van der Waals surface area contributed by atoms with E-state index in [0.29, 0.717) is 24.5 Å². The van der Waals surface area contributed by atoms with Crippen molar-refractivity contribution in [3.05, 3.63) is 53.4 Å². The van der Waals surface area contributed by atoms with Gasteiger partial charge < -0.3 is 4.57 Å². The van der Waals surface area contributed by atoms with Crippen LogP contribution in [0.4, 0.5) is 13.2 Å². The molecular formula is C14H13F3N2O. The van der Waals surface area contributed by atoms with Gasteiger partial charge in [0.05, 0.1) is 6.42 Å². The lowest BCUT2D eigenvalue weighted by molar-refractivity contribution is 0.0988. The third kappa shape index (κ3) is 2.89. The molecular weight excluding hydrogens is 269 g/mol. The molecule has 6 heteroatoms. The van der Waals surface area contributed by atoms with E-state index in [1.807, 2.05) is 6.92 Å². The van der Waals surface area contributed by atoms with Crippen LogP contribution in [0.2, 0.25) is 0 Å². The number of rotatable bonds is 5. The predicted octanol–water partition coefficient (Wildman–Crippen LogP) is 3.14. The van der Waals surface area contributed by atoms with Crippen LogP contribution in [0, 0.1) is 17.5 Å². The van der Waals surface area contributed by atoms with Gasteiger partial charge in [-0.1, -0.05) is 6.92 Å². The summed E-state index contributed by atoms with van der Waals surface area (Å²) in [7, 11) is 0. The molecule has 0 bridgehead atoms. The van der Waals surface area contributed by atoms with Crippen molar-refractivity contribution < 1.29 is 18.0 Å². The van der Waals surface area contributed by atoms with Gasteiger partial charge in [0.15, 0.2) is 23.2 Å². The molecule has 1 aromatic heterocycles. The summed E-state index contributed by atoms with van der Waals surface area (Å²) in [6.07, 6.45) is 4.08. The maximum atomic E-state index is 13.1. The number of benzene rings is 1. The Labute approximate surface area is 114 Å². The van der Waals surface area contributed by atoms with E-state index in [9.17, 15) is 18.0 Å². The van der Waals surface area contributed by atoms with E-state index in [0.717, 1.165) is 6.42 Å². The Balaban J connectivity index is 2.22. The van der Waals surface area contributed by atoms with Crippen molar-refractivity contribution in [3.8, 4) is 0 Å². The zero-order valence-corrected chi connectivity index (χ0v) is 10.9. The third-order valence-corrected chi connectivity index (χ3v) is 2.89. The second-order valence-corrected chi connectivity index (χ2v) is 4.39. The van der Waals surface area contributed by atoms with Gasteiger partial charge in [0.25, 0.3) is 0 Å². The molecule has 0 spiro atoms. The van der Waals surface area contributed by atoms with Gasteiger partial charge in [-0.25, -0.2) is 18.2 Å². The van der Waals surface area contributed by atoms with E-state index in [1.54, 1.807) is 17.0 Å². The second-order valence-electron chi connectivity index (χ2n) is 4.39. The predicted molar refractivity (Wildman–Crippen MR) is 66.9 cm³/mol. The van der Waals surface area contributed by atoms with Crippen molar-refractivity contribution in [2.75, 3.05) is 0 Å². The Hall–Kier alpha value is -2.11. The monoisotopic (exact) mass is 282 g/mol. The molecule has 1 heterocycles. The Morgan fingerprint density at radius 3 is 2.50 bits per heavy atom. The fraction of sp³-hybridized carbons (Fsp3) is 0.286. The summed E-state index contributed by atoms with van der Waals surface area (Å²) >= 11 is 0. The van der Waals surface area contributed by atoms with Gasteiger partial charge in [-0.15, -0.1) is 0 Å². The van der Waals surface area contributed by atoms with Gasteiger partial charge in [0, 0.05) is 24.5 Å². The van der Waals surface area contributed by atoms with Crippen LogP contribution in [0.5, 0.6) is 0 Å². The van der Waals surface area contributed by atoms with Crippen molar-refractivity contribution in [3.63, 3.8) is 0 Å². The highest BCUT2D eigenvalue weighted by Crippen LogP contribution is 2.15. The van der Waals surface area contributed by atoms with E-state index in [1.165, 1.54) is 0 Å². The molecule has 2 aromatic rings. The summed E-state index contributed by atoms with van der Waals surface area (Å²) in [5.74, 6) is -4.31. The summed E-state index contributed by atoms with van der Waals surface area (Å²) in [4.78, 5) is 16.0. The second kappa shape index (κ2) is 5.90. The molecule has 3 nitrogen and oxygen atoms in total. The van der Waals surface area contributed by atoms with Crippen LogP contribution >= 0.6 is 0 Å². The number of hydrogen-bond donors (Lipinski definition) is 0. The average Bonchev–Trinajstić information content (AvgIpc) is 2.83. The summed E-state index contributed by atoms with van der Waals surface area (Å²) in [6.45, 7) is 2.69. The minimum absolute atomic E-state index is 0.0858. The quantitative estimate of drug-likeness (QED) is 0.624. The maximum absolute atomic E-state index is 13.1. The smallest absolute Gasteiger partial charge is 0.194 e. The molecule has 0 radical (unpaired) electrons. The minimum atomic E-state index is -1.57. The number of hydrogen-bond acceptors (Lipinski definition) is 2. The summed E-state index contributed by atoms with van der Waals surface area (Å²) in [5, 5.41) is 0. The lowest BCUT2D eigenvalue weighted by atomic mass is 10.1. The standard InChI is InChI=1S/C14H13F3N2O/c1-2-4-19-5-3-18-13(19)8-12(20)9-6-10(15)14(17)11(16)7-9/h3,5-7H,2,4,8H2,1H3. The van der Waals surface area contributed by atoms with Crippen molar-refractivity contribution in [2.45, 2.75) is 26.3 Å². The topological polar surface area (TPSA) is 34.9 Å². The molecule has 0 amide bonds. The van der Waals surface area contributed by atoms with Crippen molar-refractivity contribution in [1.82, 2.24) is 9.55 Å². The van der Waals surface area contributed by atoms with Crippen LogP contribution in [0.3, 0.4) is 0 Å². The number of carbonyl (C=O) groups is 1. The maximum Gasteiger partial charge on any atom is 0.194 e. The molecule has 20 heavy (non-hydrogen) atoms. The molecule has 0 N–H and O–H groups in total. The summed E-state index contributed by atoms with van der Waals surface area (Å²) < 4.78 is 40.8. The highest BCUT2D eigenvalue weighted by molar-refractivity contribution is 5.97. The van der Waals surface area contributed by atoms with Crippen LogP contribution in [0.1, 0.15) is 29.5 Å². The van der Waals surface area contributed by atoms with Gasteiger partial charge in [-0.05, 0) is 18.6 Å². The molecule has 0 aliphatic heterocycles. The Kier molecular flexibility index (Phi) is 4.22. The zero-order valence-electron chi connectivity index (χ0n) is 10.9. The fourth-order valence-electron chi connectivity index (χ4n) is 1.91. The average molecular weight is 282 g/mol. The zero-order chi connectivity index (χ0) is 14.7. The molecule has 1 aromatic carbocycles. The van der Waals surface area contributed by atoms with E-state index in [-0.39, 0.29) is 12.0 Å². The van der Waals surface area contributed by atoms with Crippen LogP contribution in [0.25, 0.3) is 0 Å². The number of nitrogens with zero attached hydrogens (tertiary/aromatic N) is 2. The largest absolute Gasteiger partial charge is 0.335 e. The van der Waals surface area contributed by atoms with Crippen LogP contribution in [-0.4, -0.2) is 15.3 Å². The van der Waals surface area contributed by atoms with Crippen molar-refractivity contribution in [1.29, 1.82) is 0 Å². The molecule has 0 aliphatic rings. The summed E-state index contributed by atoms with van der Waals surface area (Å²) in [5.41, 5.74) is -0.201. The number of imidazole rings is 1.